The fraction of sp³-hybridized carbons (Fsp3) is 0.588. The topological polar surface area (TPSA) is 63.7 Å². The van der Waals surface area contributed by atoms with E-state index < -0.39 is 27.1 Å². The number of hydrogen-bond donors (Lipinski definition) is 0. The third kappa shape index (κ3) is 3.63. The monoisotopic (exact) mass is 373 g/mol. The number of hydrogen-bond acceptors (Lipinski definition) is 4. The number of carbonyl (C=O) groups is 1. The van der Waals surface area contributed by atoms with Gasteiger partial charge in [0.2, 0.25) is 0 Å². The number of amides is 1. The molecular weight excluding hydrogens is 352 g/mol. The van der Waals surface area contributed by atoms with Crippen molar-refractivity contribution in [3.63, 3.8) is 0 Å². The summed E-state index contributed by atoms with van der Waals surface area (Å²) in [4.78, 5) is 14.4. The van der Waals surface area contributed by atoms with E-state index in [0.29, 0.717) is 25.9 Å². The first-order chi connectivity index (χ1) is 11.5. The Bertz CT molecular complexity index is 785. The molecule has 1 spiro atoms. The second-order valence-corrected chi connectivity index (χ2v) is 9.58. The number of carbonyl (C=O) groups excluding carboxylic acids is 1. The third-order valence-corrected chi connectivity index (χ3v) is 7.05. The lowest BCUT2D eigenvalue weighted by atomic mass is 9.81. The molecule has 1 aromatic rings. The standard InChI is InChI=1S/C17H21F2NO4S/c1-16(2,24-12-3-4-13(18)14(19)9-12)15(21)20-7-5-17(6-8-20)10-25(22,23)11-17/h3-4,9H,5-8,10-11H2,1-2H3. The predicted octanol–water partition coefficient (Wildman–Crippen LogP) is 2.16. The Kier molecular flexibility index (Phi) is 4.29. The predicted molar refractivity (Wildman–Crippen MR) is 88.0 cm³/mol. The van der Waals surface area contributed by atoms with Crippen LogP contribution in [0.4, 0.5) is 8.78 Å². The Hall–Kier alpha value is -1.70. The maximum atomic E-state index is 13.3. The van der Waals surface area contributed by atoms with Gasteiger partial charge in [-0.1, -0.05) is 0 Å². The summed E-state index contributed by atoms with van der Waals surface area (Å²) < 4.78 is 54.8. The van der Waals surface area contributed by atoms with Crippen molar-refractivity contribution >= 4 is 15.7 Å². The lowest BCUT2D eigenvalue weighted by Crippen LogP contribution is -2.58. The van der Waals surface area contributed by atoms with E-state index in [1.54, 1.807) is 18.7 Å². The summed E-state index contributed by atoms with van der Waals surface area (Å²) in [5.74, 6) is -1.78. The molecular formula is C17H21F2NO4S. The second-order valence-electron chi connectivity index (χ2n) is 7.51. The quantitative estimate of drug-likeness (QED) is 0.815. The minimum Gasteiger partial charge on any atom is -0.478 e. The van der Waals surface area contributed by atoms with Crippen molar-refractivity contribution in [3.05, 3.63) is 29.8 Å². The number of benzene rings is 1. The van der Waals surface area contributed by atoms with Crippen LogP contribution in [0.15, 0.2) is 18.2 Å². The first-order valence-electron chi connectivity index (χ1n) is 8.16. The van der Waals surface area contributed by atoms with Crippen LogP contribution in [-0.2, 0) is 14.6 Å². The smallest absolute Gasteiger partial charge is 0.266 e. The van der Waals surface area contributed by atoms with Gasteiger partial charge in [-0.2, -0.15) is 0 Å². The molecule has 8 heteroatoms. The molecule has 0 radical (unpaired) electrons. The first-order valence-corrected chi connectivity index (χ1v) is 9.98. The molecule has 2 heterocycles. The van der Waals surface area contributed by atoms with Gasteiger partial charge in [-0.15, -0.1) is 0 Å². The van der Waals surface area contributed by atoms with Crippen molar-refractivity contribution in [3.8, 4) is 5.75 Å². The molecule has 1 aromatic carbocycles. The van der Waals surface area contributed by atoms with Crippen LogP contribution in [0.3, 0.4) is 0 Å². The summed E-state index contributed by atoms with van der Waals surface area (Å²) in [5.41, 5.74) is -1.42. The summed E-state index contributed by atoms with van der Waals surface area (Å²) in [6.07, 6.45) is 1.30. The maximum absolute atomic E-state index is 13.3. The average Bonchev–Trinajstić information content (AvgIpc) is 2.49. The molecule has 5 nitrogen and oxygen atoms in total. The molecule has 2 fully saturated rings. The highest BCUT2D eigenvalue weighted by Crippen LogP contribution is 2.42. The molecule has 0 saturated carbocycles. The minimum absolute atomic E-state index is 0.0795. The van der Waals surface area contributed by atoms with E-state index in [2.05, 4.69) is 0 Å². The molecule has 0 unspecified atom stereocenters. The zero-order valence-electron chi connectivity index (χ0n) is 14.2. The number of sulfone groups is 1. The molecule has 0 aliphatic carbocycles. The number of rotatable bonds is 3. The van der Waals surface area contributed by atoms with Crippen molar-refractivity contribution in [2.75, 3.05) is 24.6 Å². The molecule has 1 amide bonds. The Labute approximate surface area is 145 Å². The van der Waals surface area contributed by atoms with Crippen LogP contribution < -0.4 is 4.74 Å². The summed E-state index contributed by atoms with van der Waals surface area (Å²) >= 11 is 0. The van der Waals surface area contributed by atoms with Gasteiger partial charge in [-0.25, -0.2) is 17.2 Å². The van der Waals surface area contributed by atoms with Crippen LogP contribution >= 0.6 is 0 Å². The summed E-state index contributed by atoms with van der Waals surface area (Å²) in [5, 5.41) is 0. The number of halogens is 2. The van der Waals surface area contributed by atoms with Crippen molar-refractivity contribution in [2.24, 2.45) is 5.41 Å². The SMILES string of the molecule is CC(C)(Oc1ccc(F)c(F)c1)C(=O)N1CCC2(CC1)CS(=O)(=O)C2. The van der Waals surface area contributed by atoms with E-state index in [0.717, 1.165) is 12.1 Å². The molecule has 0 atom stereocenters. The maximum Gasteiger partial charge on any atom is 0.266 e. The van der Waals surface area contributed by atoms with Crippen LogP contribution in [0.5, 0.6) is 5.75 Å². The zero-order chi connectivity index (χ0) is 18.5. The molecule has 138 valence electrons. The first kappa shape index (κ1) is 18.1. The van der Waals surface area contributed by atoms with E-state index in [9.17, 15) is 22.0 Å². The summed E-state index contributed by atoms with van der Waals surface area (Å²) in [7, 11) is -2.90. The highest BCUT2D eigenvalue weighted by molar-refractivity contribution is 7.92. The van der Waals surface area contributed by atoms with E-state index >= 15 is 0 Å². The van der Waals surface area contributed by atoms with Gasteiger partial charge < -0.3 is 9.64 Å². The molecule has 2 aliphatic heterocycles. The molecule has 3 rings (SSSR count). The number of piperidine rings is 1. The van der Waals surface area contributed by atoms with Crippen molar-refractivity contribution in [2.45, 2.75) is 32.3 Å². The molecule has 2 saturated heterocycles. The van der Waals surface area contributed by atoms with Gasteiger partial charge in [0, 0.05) is 24.6 Å². The van der Waals surface area contributed by atoms with Crippen LogP contribution in [0.2, 0.25) is 0 Å². The number of nitrogens with zero attached hydrogens (tertiary/aromatic N) is 1. The van der Waals surface area contributed by atoms with Gasteiger partial charge in [0.15, 0.2) is 27.1 Å². The fourth-order valence-corrected chi connectivity index (χ4v) is 5.98. The van der Waals surface area contributed by atoms with Crippen molar-refractivity contribution < 1.29 is 26.7 Å². The van der Waals surface area contributed by atoms with Gasteiger partial charge in [0.1, 0.15) is 5.75 Å². The third-order valence-electron chi connectivity index (χ3n) is 4.94. The Morgan fingerprint density at radius 1 is 1.16 bits per heavy atom. The normalized spacial score (nSPS) is 21.7. The van der Waals surface area contributed by atoms with Crippen molar-refractivity contribution in [1.82, 2.24) is 4.90 Å². The lowest BCUT2D eigenvalue weighted by Gasteiger charge is -2.47. The van der Waals surface area contributed by atoms with E-state index in [1.165, 1.54) is 6.07 Å². The zero-order valence-corrected chi connectivity index (χ0v) is 15.0. The van der Waals surface area contributed by atoms with Gasteiger partial charge in [-0.3, -0.25) is 4.79 Å². The average molecular weight is 373 g/mol. The summed E-state index contributed by atoms with van der Waals surface area (Å²) in [6.45, 7) is 4.10. The van der Waals surface area contributed by atoms with Gasteiger partial charge in [0.05, 0.1) is 11.5 Å². The molecule has 0 N–H and O–H groups in total. The number of likely N-dealkylation sites (tertiary alicyclic amines) is 1. The van der Waals surface area contributed by atoms with E-state index in [1.807, 2.05) is 0 Å². The van der Waals surface area contributed by atoms with Crippen LogP contribution in [0.25, 0.3) is 0 Å². The van der Waals surface area contributed by atoms with E-state index in [-0.39, 0.29) is 28.6 Å². The highest BCUT2D eigenvalue weighted by Gasteiger charge is 2.50. The molecule has 2 aliphatic rings. The highest BCUT2D eigenvalue weighted by atomic mass is 32.2. The van der Waals surface area contributed by atoms with Crippen LogP contribution in [0, 0.1) is 17.0 Å². The van der Waals surface area contributed by atoms with Gasteiger partial charge >= 0.3 is 0 Å². The van der Waals surface area contributed by atoms with Crippen LogP contribution in [-0.4, -0.2) is 49.4 Å². The number of ether oxygens (including phenoxy) is 1. The van der Waals surface area contributed by atoms with Crippen molar-refractivity contribution in [1.29, 1.82) is 0 Å². The molecule has 25 heavy (non-hydrogen) atoms. The minimum atomic E-state index is -2.90. The summed E-state index contributed by atoms with van der Waals surface area (Å²) in [6, 6.07) is 3.14. The molecule has 0 bridgehead atoms. The van der Waals surface area contributed by atoms with Gasteiger partial charge in [-0.05, 0) is 38.8 Å². The Morgan fingerprint density at radius 3 is 2.28 bits per heavy atom. The Morgan fingerprint density at radius 2 is 1.76 bits per heavy atom. The lowest BCUT2D eigenvalue weighted by molar-refractivity contribution is -0.147. The Balaban J connectivity index is 1.63. The largest absolute Gasteiger partial charge is 0.478 e. The van der Waals surface area contributed by atoms with E-state index in [4.69, 9.17) is 4.74 Å². The molecule has 0 aromatic heterocycles. The second kappa shape index (κ2) is 5.93. The van der Waals surface area contributed by atoms with Gasteiger partial charge in [0.25, 0.3) is 5.91 Å². The fourth-order valence-electron chi connectivity index (χ4n) is 3.62. The van der Waals surface area contributed by atoms with Crippen LogP contribution in [0.1, 0.15) is 26.7 Å².